The summed E-state index contributed by atoms with van der Waals surface area (Å²) in [7, 11) is 0. The summed E-state index contributed by atoms with van der Waals surface area (Å²) in [5.41, 5.74) is 2.77. The highest BCUT2D eigenvalue weighted by molar-refractivity contribution is 5.77. The van der Waals surface area contributed by atoms with Gasteiger partial charge in [-0.15, -0.1) is 0 Å². The number of benzene rings is 1. The number of aromatic nitrogens is 4. The van der Waals surface area contributed by atoms with Crippen LogP contribution in [-0.2, 0) is 9.53 Å². The van der Waals surface area contributed by atoms with E-state index in [2.05, 4.69) is 20.3 Å². The number of hydrogen-bond donors (Lipinski definition) is 1. The van der Waals surface area contributed by atoms with Gasteiger partial charge in [0.2, 0.25) is 0 Å². The van der Waals surface area contributed by atoms with Crippen molar-refractivity contribution in [3.63, 3.8) is 0 Å². The number of fused-ring (bicyclic) bond motifs is 1. The summed E-state index contributed by atoms with van der Waals surface area (Å²) in [6, 6.07) is 11.1. The number of carbonyl (C=O) groups is 1. The molecule has 1 N–H and O–H groups in total. The van der Waals surface area contributed by atoms with Gasteiger partial charge in [0.25, 0.3) is 11.5 Å². The molecule has 4 heterocycles. The fraction of sp³-hybridized carbons (Fsp3) is 0.357. The third-order valence-electron chi connectivity index (χ3n) is 6.65. The third-order valence-corrected chi connectivity index (χ3v) is 6.65. The number of amides is 1. The SMILES string of the molecule is Cc1nc2c(OCC(=O)NCCCN3CCOCC3)cccn2c(=O)c1-c1cc(C)n(-c2ccc(F)cc2)n1. The van der Waals surface area contributed by atoms with E-state index < -0.39 is 0 Å². The van der Waals surface area contributed by atoms with E-state index in [0.29, 0.717) is 40.6 Å². The van der Waals surface area contributed by atoms with Crippen molar-refractivity contribution < 1.29 is 18.7 Å². The van der Waals surface area contributed by atoms with Crippen LogP contribution in [0.15, 0.2) is 53.5 Å². The highest BCUT2D eigenvalue weighted by Crippen LogP contribution is 2.24. The van der Waals surface area contributed by atoms with Crippen LogP contribution in [0, 0.1) is 19.7 Å². The molecule has 0 saturated carbocycles. The van der Waals surface area contributed by atoms with E-state index >= 15 is 0 Å². The monoisotopic (exact) mass is 534 g/mol. The van der Waals surface area contributed by atoms with E-state index in [1.54, 1.807) is 48.1 Å². The van der Waals surface area contributed by atoms with Crippen LogP contribution in [0.3, 0.4) is 0 Å². The zero-order valence-electron chi connectivity index (χ0n) is 22.0. The van der Waals surface area contributed by atoms with Gasteiger partial charge in [-0.3, -0.25) is 18.9 Å². The first-order chi connectivity index (χ1) is 18.9. The molecular formula is C28H31FN6O4. The Hall–Kier alpha value is -4.09. The number of aryl methyl sites for hydroxylation is 2. The zero-order valence-corrected chi connectivity index (χ0v) is 22.0. The van der Waals surface area contributed by atoms with Gasteiger partial charge in [-0.2, -0.15) is 5.10 Å². The fourth-order valence-electron chi connectivity index (χ4n) is 4.64. The zero-order chi connectivity index (χ0) is 27.4. The predicted octanol–water partition coefficient (Wildman–Crippen LogP) is 2.52. The highest BCUT2D eigenvalue weighted by atomic mass is 19.1. The first-order valence-corrected chi connectivity index (χ1v) is 13.0. The number of nitrogens with one attached hydrogen (secondary N) is 1. The molecule has 39 heavy (non-hydrogen) atoms. The lowest BCUT2D eigenvalue weighted by molar-refractivity contribution is -0.123. The van der Waals surface area contributed by atoms with Crippen LogP contribution in [0.2, 0.25) is 0 Å². The highest BCUT2D eigenvalue weighted by Gasteiger charge is 2.19. The van der Waals surface area contributed by atoms with Crippen molar-refractivity contribution >= 4 is 11.6 Å². The Morgan fingerprint density at radius 2 is 1.92 bits per heavy atom. The Kier molecular flexibility index (Phi) is 7.99. The molecule has 0 atom stereocenters. The first-order valence-electron chi connectivity index (χ1n) is 13.0. The molecule has 5 rings (SSSR count). The van der Waals surface area contributed by atoms with Gasteiger partial charge in [-0.25, -0.2) is 14.1 Å². The molecule has 1 aromatic carbocycles. The Morgan fingerprint density at radius 3 is 2.69 bits per heavy atom. The number of morpholine rings is 1. The van der Waals surface area contributed by atoms with Crippen molar-refractivity contribution in [1.29, 1.82) is 0 Å². The molecule has 1 aliphatic rings. The molecule has 0 unspecified atom stereocenters. The molecule has 0 radical (unpaired) electrons. The number of nitrogens with zero attached hydrogens (tertiary/aromatic N) is 5. The molecule has 1 amide bonds. The minimum Gasteiger partial charge on any atom is -0.480 e. The fourth-order valence-corrected chi connectivity index (χ4v) is 4.64. The minimum absolute atomic E-state index is 0.185. The van der Waals surface area contributed by atoms with Crippen LogP contribution in [0.1, 0.15) is 17.8 Å². The molecule has 0 spiro atoms. The van der Waals surface area contributed by atoms with Crippen molar-refractivity contribution in [2.45, 2.75) is 20.3 Å². The maximum Gasteiger partial charge on any atom is 0.267 e. The molecule has 3 aromatic heterocycles. The maximum atomic E-state index is 13.5. The first kappa shape index (κ1) is 26.5. The van der Waals surface area contributed by atoms with Crippen LogP contribution in [0.5, 0.6) is 5.75 Å². The van der Waals surface area contributed by atoms with E-state index in [4.69, 9.17) is 9.47 Å². The Labute approximate surface area is 225 Å². The van der Waals surface area contributed by atoms with Crippen molar-refractivity contribution in [2.75, 3.05) is 46.0 Å². The van der Waals surface area contributed by atoms with Gasteiger partial charge in [-0.1, -0.05) is 0 Å². The number of hydrogen-bond acceptors (Lipinski definition) is 7. The Morgan fingerprint density at radius 1 is 1.15 bits per heavy atom. The summed E-state index contributed by atoms with van der Waals surface area (Å²) in [5.74, 6) is -0.243. The third kappa shape index (κ3) is 5.99. The molecule has 11 heteroatoms. The van der Waals surface area contributed by atoms with Gasteiger partial charge < -0.3 is 14.8 Å². The molecule has 0 aliphatic carbocycles. The second-order valence-electron chi connectivity index (χ2n) is 9.45. The summed E-state index contributed by atoms with van der Waals surface area (Å²) in [4.78, 5) is 32.8. The largest absolute Gasteiger partial charge is 0.480 e. The second-order valence-corrected chi connectivity index (χ2v) is 9.45. The van der Waals surface area contributed by atoms with E-state index in [9.17, 15) is 14.0 Å². The van der Waals surface area contributed by atoms with Crippen LogP contribution in [-0.4, -0.2) is 76.0 Å². The normalized spacial score (nSPS) is 14.0. The lowest BCUT2D eigenvalue weighted by Gasteiger charge is -2.26. The van der Waals surface area contributed by atoms with Crippen molar-refractivity contribution in [2.24, 2.45) is 0 Å². The van der Waals surface area contributed by atoms with Gasteiger partial charge in [0.1, 0.15) is 11.5 Å². The average molecular weight is 535 g/mol. The number of carbonyl (C=O) groups excluding carboxylic acids is 1. The lowest BCUT2D eigenvalue weighted by atomic mass is 10.1. The molecule has 4 aromatic rings. The summed E-state index contributed by atoms with van der Waals surface area (Å²) < 4.78 is 27.5. The van der Waals surface area contributed by atoms with Crippen LogP contribution >= 0.6 is 0 Å². The van der Waals surface area contributed by atoms with Gasteiger partial charge in [-0.05, 0) is 69.3 Å². The summed E-state index contributed by atoms with van der Waals surface area (Å²) in [6.07, 6.45) is 2.45. The lowest BCUT2D eigenvalue weighted by Crippen LogP contribution is -2.38. The molecule has 1 saturated heterocycles. The van der Waals surface area contributed by atoms with Gasteiger partial charge in [0.05, 0.1) is 30.2 Å². The standard InChI is InChI=1S/C28H31FN6O4/c1-19-17-23(32-35(19)22-8-6-21(29)7-9-22)26-20(2)31-27-24(5-3-12-34(27)28(26)37)39-18-25(36)30-10-4-11-33-13-15-38-16-14-33/h3,5-9,12,17H,4,10-11,13-16,18H2,1-2H3,(H,30,36). The van der Waals surface area contributed by atoms with E-state index in [-0.39, 0.29) is 23.9 Å². The Balaban J connectivity index is 1.29. The smallest absolute Gasteiger partial charge is 0.267 e. The molecule has 1 aliphatic heterocycles. The van der Waals surface area contributed by atoms with E-state index in [1.165, 1.54) is 16.5 Å². The predicted molar refractivity (Wildman–Crippen MR) is 144 cm³/mol. The van der Waals surface area contributed by atoms with Crippen LogP contribution in [0.4, 0.5) is 4.39 Å². The van der Waals surface area contributed by atoms with Crippen LogP contribution in [0.25, 0.3) is 22.6 Å². The summed E-state index contributed by atoms with van der Waals surface area (Å²) in [5, 5.41) is 7.48. The second kappa shape index (κ2) is 11.7. The number of rotatable bonds is 9. The molecule has 204 valence electrons. The van der Waals surface area contributed by atoms with E-state index in [0.717, 1.165) is 45.0 Å². The number of pyridine rings is 1. The van der Waals surface area contributed by atoms with Crippen molar-refractivity contribution in [1.82, 2.24) is 29.4 Å². The minimum atomic E-state index is -0.337. The van der Waals surface area contributed by atoms with Gasteiger partial charge >= 0.3 is 0 Å². The molecule has 1 fully saturated rings. The number of ether oxygens (including phenoxy) is 2. The number of halogens is 1. The quantitative estimate of drug-likeness (QED) is 0.329. The summed E-state index contributed by atoms with van der Waals surface area (Å²) >= 11 is 0. The molecule has 0 bridgehead atoms. The summed E-state index contributed by atoms with van der Waals surface area (Å²) in [6.45, 7) is 8.22. The van der Waals surface area contributed by atoms with Crippen molar-refractivity contribution in [3.8, 4) is 22.7 Å². The Bertz CT molecular complexity index is 1530. The van der Waals surface area contributed by atoms with Gasteiger partial charge in [0.15, 0.2) is 18.0 Å². The van der Waals surface area contributed by atoms with Crippen molar-refractivity contribution in [3.05, 3.63) is 76.2 Å². The van der Waals surface area contributed by atoms with Gasteiger partial charge in [0, 0.05) is 31.5 Å². The average Bonchev–Trinajstić information content (AvgIpc) is 3.31. The van der Waals surface area contributed by atoms with E-state index in [1.807, 2.05) is 6.92 Å². The van der Waals surface area contributed by atoms with Crippen LogP contribution < -0.4 is 15.6 Å². The topological polar surface area (TPSA) is 103 Å². The molecule has 10 nitrogen and oxygen atoms in total. The maximum absolute atomic E-state index is 13.5. The molecular weight excluding hydrogens is 503 g/mol.